The first-order valence-corrected chi connectivity index (χ1v) is 3.47. The van der Waals surface area contributed by atoms with E-state index in [9.17, 15) is 15.2 Å². The Labute approximate surface area is 69.6 Å². The fourth-order valence-electron chi connectivity index (χ4n) is 0.990. The molecule has 0 aromatic heterocycles. The molecule has 0 spiro atoms. The standard InChI is InChI=1S/C8H9NO3/c1-5-6(2)8(10)4-3-7(5)9(11)12/h3-4,10H,1-2H3. The molecule has 0 atom stereocenters. The maximum atomic E-state index is 10.4. The lowest BCUT2D eigenvalue weighted by Gasteiger charge is -2.02. The summed E-state index contributed by atoms with van der Waals surface area (Å²) in [5, 5.41) is 19.6. The van der Waals surface area contributed by atoms with Crippen LogP contribution in [0, 0.1) is 24.0 Å². The van der Waals surface area contributed by atoms with Crippen molar-refractivity contribution in [2.45, 2.75) is 13.8 Å². The number of aromatic hydroxyl groups is 1. The summed E-state index contributed by atoms with van der Waals surface area (Å²) >= 11 is 0. The monoisotopic (exact) mass is 167 g/mol. The summed E-state index contributed by atoms with van der Waals surface area (Å²) in [4.78, 5) is 9.95. The number of rotatable bonds is 1. The van der Waals surface area contributed by atoms with Crippen molar-refractivity contribution in [2.75, 3.05) is 0 Å². The number of benzene rings is 1. The highest BCUT2D eigenvalue weighted by Gasteiger charge is 2.13. The van der Waals surface area contributed by atoms with Crippen molar-refractivity contribution < 1.29 is 10.0 Å². The van der Waals surface area contributed by atoms with Crippen molar-refractivity contribution in [1.29, 1.82) is 0 Å². The van der Waals surface area contributed by atoms with Crippen LogP contribution in [0.15, 0.2) is 12.1 Å². The van der Waals surface area contributed by atoms with Crippen molar-refractivity contribution in [1.82, 2.24) is 0 Å². The average molecular weight is 167 g/mol. The van der Waals surface area contributed by atoms with Gasteiger partial charge in [0.05, 0.1) is 4.92 Å². The van der Waals surface area contributed by atoms with Crippen LogP contribution in [0.4, 0.5) is 5.69 Å². The zero-order chi connectivity index (χ0) is 9.30. The molecule has 1 aromatic rings. The van der Waals surface area contributed by atoms with Gasteiger partial charge in [0, 0.05) is 17.2 Å². The summed E-state index contributed by atoms with van der Waals surface area (Å²) in [6, 6.07) is 2.64. The molecule has 4 nitrogen and oxygen atoms in total. The van der Waals surface area contributed by atoms with E-state index < -0.39 is 4.92 Å². The summed E-state index contributed by atoms with van der Waals surface area (Å²) < 4.78 is 0. The van der Waals surface area contributed by atoms with Crippen LogP contribution >= 0.6 is 0 Å². The van der Waals surface area contributed by atoms with Gasteiger partial charge in [-0.05, 0) is 19.9 Å². The molecule has 0 aliphatic rings. The molecule has 0 fully saturated rings. The molecule has 0 heterocycles. The van der Waals surface area contributed by atoms with Gasteiger partial charge in [-0.15, -0.1) is 0 Å². The third-order valence-electron chi connectivity index (χ3n) is 1.93. The van der Waals surface area contributed by atoms with Gasteiger partial charge in [0.2, 0.25) is 0 Å². The Morgan fingerprint density at radius 3 is 2.42 bits per heavy atom. The van der Waals surface area contributed by atoms with Crippen molar-refractivity contribution >= 4 is 5.69 Å². The second-order valence-corrected chi connectivity index (χ2v) is 2.61. The van der Waals surface area contributed by atoms with Gasteiger partial charge in [-0.2, -0.15) is 0 Å². The Morgan fingerprint density at radius 1 is 1.33 bits per heavy atom. The van der Waals surface area contributed by atoms with Gasteiger partial charge in [0.25, 0.3) is 5.69 Å². The number of hydrogen-bond acceptors (Lipinski definition) is 3. The summed E-state index contributed by atoms with van der Waals surface area (Å²) in [5.41, 5.74) is 1.12. The van der Waals surface area contributed by atoms with E-state index in [4.69, 9.17) is 0 Å². The van der Waals surface area contributed by atoms with Crippen LogP contribution in [-0.2, 0) is 0 Å². The molecule has 0 radical (unpaired) electrons. The van der Waals surface area contributed by atoms with Gasteiger partial charge >= 0.3 is 0 Å². The van der Waals surface area contributed by atoms with Crippen molar-refractivity contribution in [3.8, 4) is 5.75 Å². The zero-order valence-corrected chi connectivity index (χ0v) is 6.87. The number of hydrogen-bond donors (Lipinski definition) is 1. The molecule has 64 valence electrons. The second-order valence-electron chi connectivity index (χ2n) is 2.61. The Hall–Kier alpha value is -1.58. The fraction of sp³-hybridized carbons (Fsp3) is 0.250. The van der Waals surface area contributed by atoms with Crippen molar-refractivity contribution in [3.63, 3.8) is 0 Å². The quantitative estimate of drug-likeness (QED) is 0.513. The Bertz CT molecular complexity index is 333. The van der Waals surface area contributed by atoms with E-state index in [-0.39, 0.29) is 11.4 Å². The van der Waals surface area contributed by atoms with E-state index in [2.05, 4.69) is 0 Å². The molecule has 1 N–H and O–H groups in total. The number of phenols is 1. The SMILES string of the molecule is Cc1c(O)ccc([N+](=O)[O-])c1C. The second kappa shape index (κ2) is 2.81. The normalized spacial score (nSPS) is 9.83. The van der Waals surface area contributed by atoms with Gasteiger partial charge in [0.15, 0.2) is 0 Å². The number of nitro groups is 1. The van der Waals surface area contributed by atoms with E-state index >= 15 is 0 Å². The number of nitro benzene ring substituents is 1. The van der Waals surface area contributed by atoms with E-state index in [1.165, 1.54) is 12.1 Å². The lowest BCUT2D eigenvalue weighted by atomic mass is 10.1. The third kappa shape index (κ3) is 1.23. The molecular weight excluding hydrogens is 158 g/mol. The molecule has 4 heteroatoms. The predicted molar refractivity (Wildman–Crippen MR) is 44.2 cm³/mol. The average Bonchev–Trinajstić information content (AvgIpc) is 2.00. The molecule has 0 amide bonds. The van der Waals surface area contributed by atoms with Gasteiger partial charge in [-0.25, -0.2) is 0 Å². The van der Waals surface area contributed by atoms with E-state index in [1.807, 2.05) is 0 Å². The van der Waals surface area contributed by atoms with E-state index in [1.54, 1.807) is 13.8 Å². The van der Waals surface area contributed by atoms with Crippen molar-refractivity contribution in [3.05, 3.63) is 33.4 Å². The van der Waals surface area contributed by atoms with Crippen LogP contribution in [0.25, 0.3) is 0 Å². The van der Waals surface area contributed by atoms with Crippen LogP contribution < -0.4 is 0 Å². The molecule has 0 bridgehead atoms. The molecule has 1 aromatic carbocycles. The van der Waals surface area contributed by atoms with Gasteiger partial charge in [-0.1, -0.05) is 0 Å². The summed E-state index contributed by atoms with van der Waals surface area (Å²) in [6.45, 7) is 3.27. The largest absolute Gasteiger partial charge is 0.508 e. The molecule has 0 unspecified atom stereocenters. The minimum Gasteiger partial charge on any atom is -0.508 e. The van der Waals surface area contributed by atoms with Crippen LogP contribution in [0.2, 0.25) is 0 Å². The molecular formula is C8H9NO3. The highest BCUT2D eigenvalue weighted by atomic mass is 16.6. The molecule has 0 aliphatic carbocycles. The maximum Gasteiger partial charge on any atom is 0.272 e. The molecule has 0 saturated carbocycles. The van der Waals surface area contributed by atoms with Crippen LogP contribution in [-0.4, -0.2) is 10.0 Å². The predicted octanol–water partition coefficient (Wildman–Crippen LogP) is 1.92. The highest BCUT2D eigenvalue weighted by molar-refractivity contribution is 5.50. The first-order valence-electron chi connectivity index (χ1n) is 3.47. The molecule has 0 aliphatic heterocycles. The van der Waals surface area contributed by atoms with E-state index in [0.29, 0.717) is 11.1 Å². The van der Waals surface area contributed by atoms with Crippen LogP contribution in [0.1, 0.15) is 11.1 Å². The Kier molecular flexibility index (Phi) is 1.99. The van der Waals surface area contributed by atoms with Crippen molar-refractivity contribution in [2.24, 2.45) is 0 Å². The topological polar surface area (TPSA) is 63.4 Å². The summed E-state index contributed by atoms with van der Waals surface area (Å²) in [7, 11) is 0. The van der Waals surface area contributed by atoms with Crippen LogP contribution in [0.3, 0.4) is 0 Å². The minimum absolute atomic E-state index is 0.0466. The van der Waals surface area contributed by atoms with E-state index in [0.717, 1.165) is 0 Å². The zero-order valence-electron chi connectivity index (χ0n) is 6.87. The fourth-order valence-corrected chi connectivity index (χ4v) is 0.990. The minimum atomic E-state index is -0.457. The van der Waals surface area contributed by atoms with Gasteiger partial charge in [-0.3, -0.25) is 10.1 Å². The maximum absolute atomic E-state index is 10.4. The Balaban J connectivity index is 3.36. The third-order valence-corrected chi connectivity index (χ3v) is 1.93. The molecule has 12 heavy (non-hydrogen) atoms. The first kappa shape index (κ1) is 8.52. The lowest BCUT2D eigenvalue weighted by Crippen LogP contribution is -1.93. The number of phenolic OH excluding ortho intramolecular Hbond substituents is 1. The molecule has 0 saturated heterocycles. The summed E-state index contributed by atoms with van der Waals surface area (Å²) in [6.07, 6.45) is 0. The number of nitrogens with zero attached hydrogens (tertiary/aromatic N) is 1. The smallest absolute Gasteiger partial charge is 0.272 e. The lowest BCUT2D eigenvalue weighted by molar-refractivity contribution is -0.385. The van der Waals surface area contributed by atoms with Gasteiger partial charge < -0.3 is 5.11 Å². The van der Waals surface area contributed by atoms with Gasteiger partial charge in [0.1, 0.15) is 5.75 Å². The first-order chi connectivity index (χ1) is 5.54. The van der Waals surface area contributed by atoms with Crippen LogP contribution in [0.5, 0.6) is 5.75 Å². The Morgan fingerprint density at radius 2 is 1.92 bits per heavy atom. The molecule has 1 rings (SSSR count). The summed E-state index contributed by atoms with van der Waals surface area (Å²) in [5.74, 6) is 0.0955. The highest BCUT2D eigenvalue weighted by Crippen LogP contribution is 2.27.